The number of hydrogen-bond donors (Lipinski definition) is 1. The van der Waals surface area contributed by atoms with Crippen LogP contribution in [0.1, 0.15) is 37.8 Å². The molecule has 1 saturated carbocycles. The molecule has 0 spiro atoms. The molecule has 2 amide bonds. The van der Waals surface area contributed by atoms with Gasteiger partial charge in [-0.05, 0) is 55.9 Å². The Morgan fingerprint density at radius 2 is 2.00 bits per heavy atom. The van der Waals surface area contributed by atoms with Crippen molar-refractivity contribution in [1.82, 2.24) is 15.2 Å². The average Bonchev–Trinajstić information content (AvgIpc) is 3.28. The first kappa shape index (κ1) is 21.3. The lowest BCUT2D eigenvalue weighted by Crippen LogP contribution is -2.45. The summed E-state index contributed by atoms with van der Waals surface area (Å²) in [7, 11) is 0. The average molecular weight is 510 g/mol. The van der Waals surface area contributed by atoms with Gasteiger partial charge in [0.25, 0.3) is 11.8 Å². The molecule has 2 aromatic carbocycles. The number of thiazole rings is 1. The third-order valence-electron chi connectivity index (χ3n) is 6.34. The summed E-state index contributed by atoms with van der Waals surface area (Å²) < 4.78 is 0.868. The second-order valence-corrected chi connectivity index (χ2v) is 10.8. The summed E-state index contributed by atoms with van der Waals surface area (Å²) in [6, 6.07) is 15.5. The molecule has 1 aliphatic heterocycles. The zero-order chi connectivity index (χ0) is 22.4. The fourth-order valence-corrected chi connectivity index (χ4v) is 5.99. The van der Waals surface area contributed by atoms with E-state index in [1.807, 2.05) is 36.1 Å². The molecule has 2 aliphatic rings. The molecule has 7 heteroatoms. The zero-order valence-corrected chi connectivity index (χ0v) is 20.4. The standard InChI is InChI=1S/C25H24BrN3O2S/c1-14-5-3-6-16(9-14)23-22(28-15(2)32-23)25(31)29-13-18-11-20(18)21(29)12-27-24(30)17-7-4-8-19(26)10-17/h3-10,18,20-21H,11-13H2,1-2H3,(H,27,30). The predicted molar refractivity (Wildman–Crippen MR) is 130 cm³/mol. The van der Waals surface area contributed by atoms with Crippen LogP contribution in [-0.4, -0.2) is 40.8 Å². The Morgan fingerprint density at radius 1 is 1.19 bits per heavy atom. The van der Waals surface area contributed by atoms with E-state index in [4.69, 9.17) is 0 Å². The molecule has 1 aliphatic carbocycles. The smallest absolute Gasteiger partial charge is 0.274 e. The first-order valence-corrected chi connectivity index (χ1v) is 12.4. The maximum Gasteiger partial charge on any atom is 0.274 e. The molecular formula is C25H24BrN3O2S. The van der Waals surface area contributed by atoms with E-state index in [0.717, 1.165) is 38.4 Å². The molecule has 164 valence electrons. The summed E-state index contributed by atoms with van der Waals surface area (Å²) in [5.41, 5.74) is 3.33. The molecule has 1 aromatic heterocycles. The summed E-state index contributed by atoms with van der Waals surface area (Å²) >= 11 is 4.97. The Kier molecular flexibility index (Phi) is 5.63. The van der Waals surface area contributed by atoms with Gasteiger partial charge in [0, 0.05) is 23.1 Å². The number of amides is 2. The molecule has 5 rings (SSSR count). The number of benzene rings is 2. The number of halogens is 1. The SMILES string of the molecule is Cc1cccc(-c2sc(C)nc2C(=O)N2CC3CC3C2CNC(=O)c2cccc(Br)c2)c1. The van der Waals surface area contributed by atoms with Crippen LogP contribution in [0, 0.1) is 25.7 Å². The predicted octanol–water partition coefficient (Wildman–Crippen LogP) is 5.08. The topological polar surface area (TPSA) is 62.3 Å². The van der Waals surface area contributed by atoms with Crippen molar-refractivity contribution in [3.8, 4) is 10.4 Å². The van der Waals surface area contributed by atoms with Crippen LogP contribution in [-0.2, 0) is 0 Å². The molecule has 3 atom stereocenters. The van der Waals surface area contributed by atoms with E-state index in [9.17, 15) is 9.59 Å². The Hall–Kier alpha value is -2.51. The third-order valence-corrected chi connectivity index (χ3v) is 7.85. The minimum absolute atomic E-state index is 0.0102. The Labute approximate surface area is 200 Å². The van der Waals surface area contributed by atoms with Crippen molar-refractivity contribution >= 4 is 39.1 Å². The summed E-state index contributed by atoms with van der Waals surface area (Å²) in [6.45, 7) is 5.20. The van der Waals surface area contributed by atoms with Gasteiger partial charge in [0.15, 0.2) is 0 Å². The van der Waals surface area contributed by atoms with E-state index in [1.165, 1.54) is 0 Å². The molecule has 1 N–H and O–H groups in total. The lowest BCUT2D eigenvalue weighted by atomic mass is 10.1. The normalized spacial score (nSPS) is 21.3. The molecule has 2 fully saturated rings. The maximum atomic E-state index is 13.6. The zero-order valence-electron chi connectivity index (χ0n) is 18.0. The van der Waals surface area contributed by atoms with Crippen molar-refractivity contribution in [2.45, 2.75) is 26.3 Å². The quantitative estimate of drug-likeness (QED) is 0.521. The van der Waals surface area contributed by atoms with E-state index >= 15 is 0 Å². The fraction of sp³-hybridized carbons (Fsp3) is 0.320. The highest BCUT2D eigenvalue weighted by Crippen LogP contribution is 2.50. The number of aryl methyl sites for hydroxylation is 2. The first-order valence-electron chi connectivity index (χ1n) is 10.8. The number of nitrogens with one attached hydrogen (secondary N) is 1. The highest BCUT2D eigenvalue weighted by molar-refractivity contribution is 9.10. The van der Waals surface area contributed by atoms with Crippen molar-refractivity contribution in [3.05, 3.63) is 74.8 Å². The van der Waals surface area contributed by atoms with E-state index < -0.39 is 0 Å². The monoisotopic (exact) mass is 509 g/mol. The van der Waals surface area contributed by atoms with Gasteiger partial charge < -0.3 is 10.2 Å². The summed E-state index contributed by atoms with van der Waals surface area (Å²) in [4.78, 5) is 33.8. The van der Waals surface area contributed by atoms with Gasteiger partial charge in [-0.15, -0.1) is 11.3 Å². The Morgan fingerprint density at radius 3 is 2.78 bits per heavy atom. The summed E-state index contributed by atoms with van der Waals surface area (Å²) in [5, 5.41) is 3.93. The van der Waals surface area contributed by atoms with Crippen LogP contribution in [0.2, 0.25) is 0 Å². The molecule has 32 heavy (non-hydrogen) atoms. The van der Waals surface area contributed by atoms with E-state index in [2.05, 4.69) is 45.3 Å². The number of piperidine rings is 1. The van der Waals surface area contributed by atoms with Gasteiger partial charge in [0.1, 0.15) is 5.69 Å². The van der Waals surface area contributed by atoms with Gasteiger partial charge in [0.2, 0.25) is 0 Å². The Bertz CT molecular complexity index is 1210. The van der Waals surface area contributed by atoms with Crippen LogP contribution in [0.3, 0.4) is 0 Å². The second-order valence-electron chi connectivity index (χ2n) is 8.68. The lowest BCUT2D eigenvalue weighted by molar-refractivity contribution is 0.0690. The molecule has 2 heterocycles. The number of likely N-dealkylation sites (tertiary alicyclic amines) is 1. The van der Waals surface area contributed by atoms with E-state index in [1.54, 1.807) is 23.5 Å². The highest BCUT2D eigenvalue weighted by Gasteiger charge is 2.54. The summed E-state index contributed by atoms with van der Waals surface area (Å²) in [5.74, 6) is 0.852. The van der Waals surface area contributed by atoms with Gasteiger partial charge >= 0.3 is 0 Å². The van der Waals surface area contributed by atoms with Crippen LogP contribution in [0.25, 0.3) is 10.4 Å². The number of fused-ring (bicyclic) bond motifs is 1. The second kappa shape index (κ2) is 8.45. The number of carbonyl (C=O) groups is 2. The van der Waals surface area contributed by atoms with Crippen LogP contribution >= 0.6 is 27.3 Å². The Balaban J connectivity index is 1.36. The molecule has 1 saturated heterocycles. The summed E-state index contributed by atoms with van der Waals surface area (Å²) in [6.07, 6.45) is 1.13. The van der Waals surface area contributed by atoms with Gasteiger partial charge in [0.05, 0.1) is 15.9 Å². The molecule has 3 unspecified atom stereocenters. The van der Waals surface area contributed by atoms with Crippen LogP contribution in [0.5, 0.6) is 0 Å². The molecule has 0 radical (unpaired) electrons. The van der Waals surface area contributed by atoms with E-state index in [-0.39, 0.29) is 17.9 Å². The maximum absolute atomic E-state index is 13.6. The van der Waals surface area contributed by atoms with Crippen molar-refractivity contribution in [2.75, 3.05) is 13.1 Å². The van der Waals surface area contributed by atoms with Gasteiger partial charge in [-0.3, -0.25) is 9.59 Å². The van der Waals surface area contributed by atoms with Crippen LogP contribution < -0.4 is 5.32 Å². The largest absolute Gasteiger partial charge is 0.350 e. The van der Waals surface area contributed by atoms with E-state index in [0.29, 0.717) is 29.6 Å². The van der Waals surface area contributed by atoms with Crippen molar-refractivity contribution in [2.24, 2.45) is 11.8 Å². The van der Waals surface area contributed by atoms with Crippen molar-refractivity contribution in [1.29, 1.82) is 0 Å². The number of carbonyl (C=O) groups excluding carboxylic acids is 2. The third kappa shape index (κ3) is 4.11. The number of hydrogen-bond acceptors (Lipinski definition) is 4. The number of nitrogens with zero attached hydrogens (tertiary/aromatic N) is 2. The van der Waals surface area contributed by atoms with Gasteiger partial charge in [-0.25, -0.2) is 4.98 Å². The molecule has 5 nitrogen and oxygen atoms in total. The van der Waals surface area contributed by atoms with Gasteiger partial charge in [-0.2, -0.15) is 0 Å². The lowest BCUT2D eigenvalue weighted by Gasteiger charge is -2.27. The van der Waals surface area contributed by atoms with Crippen molar-refractivity contribution in [3.63, 3.8) is 0 Å². The van der Waals surface area contributed by atoms with Crippen LogP contribution in [0.4, 0.5) is 0 Å². The van der Waals surface area contributed by atoms with Crippen molar-refractivity contribution < 1.29 is 9.59 Å². The number of rotatable bonds is 5. The number of aromatic nitrogens is 1. The minimum atomic E-state index is -0.118. The minimum Gasteiger partial charge on any atom is -0.350 e. The van der Waals surface area contributed by atoms with Crippen LogP contribution in [0.15, 0.2) is 53.0 Å². The molecular weight excluding hydrogens is 486 g/mol. The molecule has 0 bridgehead atoms. The first-order chi connectivity index (χ1) is 15.4. The fourth-order valence-electron chi connectivity index (χ4n) is 4.69. The molecule has 3 aromatic rings. The highest BCUT2D eigenvalue weighted by atomic mass is 79.9. The van der Waals surface area contributed by atoms with Gasteiger partial charge in [-0.1, -0.05) is 51.8 Å².